The Labute approximate surface area is 124 Å². The third-order valence-corrected chi connectivity index (χ3v) is 3.30. The van der Waals surface area contributed by atoms with E-state index in [2.05, 4.69) is 15.9 Å². The molecule has 0 fully saturated rings. The highest BCUT2D eigenvalue weighted by Crippen LogP contribution is 2.32. The molecule has 0 heterocycles. The second-order valence-corrected chi connectivity index (χ2v) is 5.51. The van der Waals surface area contributed by atoms with Crippen molar-refractivity contribution < 1.29 is 9.13 Å². The van der Waals surface area contributed by atoms with Crippen LogP contribution in [0.2, 0.25) is 5.02 Å². The summed E-state index contributed by atoms with van der Waals surface area (Å²) in [6.07, 6.45) is 0. The summed E-state index contributed by atoms with van der Waals surface area (Å²) in [7, 11) is 0. The van der Waals surface area contributed by atoms with Crippen LogP contribution in [0.15, 0.2) is 40.9 Å². The Bertz CT molecular complexity index is 584. The number of halogens is 3. The third kappa shape index (κ3) is 3.69. The number of ether oxygens (including phenoxy) is 1. The summed E-state index contributed by atoms with van der Waals surface area (Å²) in [5, 5.41) is 0.440. The molecule has 0 aliphatic carbocycles. The summed E-state index contributed by atoms with van der Waals surface area (Å²) in [6, 6.07) is 9.51. The van der Waals surface area contributed by atoms with Crippen LogP contribution >= 0.6 is 27.5 Å². The summed E-state index contributed by atoms with van der Waals surface area (Å²) in [6.45, 7) is 1.87. The Morgan fingerprint density at radius 3 is 2.58 bits per heavy atom. The van der Waals surface area contributed by atoms with Crippen LogP contribution in [0.5, 0.6) is 11.5 Å². The smallest absolute Gasteiger partial charge is 0.146 e. The minimum absolute atomic E-state index is 0.102. The van der Waals surface area contributed by atoms with Crippen LogP contribution in [-0.4, -0.2) is 0 Å². The molecule has 2 aromatic rings. The fourth-order valence-corrected chi connectivity index (χ4v) is 2.27. The van der Waals surface area contributed by atoms with Crippen LogP contribution in [0.4, 0.5) is 4.39 Å². The number of hydrogen-bond acceptors (Lipinski definition) is 2. The number of benzene rings is 2. The van der Waals surface area contributed by atoms with Crippen LogP contribution in [0.3, 0.4) is 0 Å². The molecule has 2 rings (SSSR count). The van der Waals surface area contributed by atoms with E-state index in [0.717, 1.165) is 5.56 Å². The van der Waals surface area contributed by atoms with Crippen molar-refractivity contribution in [3.63, 3.8) is 0 Å². The topological polar surface area (TPSA) is 35.2 Å². The van der Waals surface area contributed by atoms with Gasteiger partial charge < -0.3 is 10.5 Å². The lowest BCUT2D eigenvalue weighted by Gasteiger charge is -2.11. The number of hydrogen-bond donors (Lipinski definition) is 1. The average molecular weight is 345 g/mol. The summed E-state index contributed by atoms with van der Waals surface area (Å²) in [4.78, 5) is 0. The molecule has 0 saturated carbocycles. The Morgan fingerprint density at radius 2 is 2.00 bits per heavy atom. The van der Waals surface area contributed by atoms with E-state index >= 15 is 0 Å². The molecule has 0 aliphatic rings. The van der Waals surface area contributed by atoms with Gasteiger partial charge in [-0.05, 0) is 36.8 Å². The van der Waals surface area contributed by atoms with Gasteiger partial charge in [-0.2, -0.15) is 0 Å². The molecular weight excluding hydrogens is 333 g/mol. The largest absolute Gasteiger partial charge is 0.456 e. The second kappa shape index (κ2) is 5.90. The molecule has 0 spiro atoms. The van der Waals surface area contributed by atoms with Gasteiger partial charge in [-0.3, -0.25) is 0 Å². The van der Waals surface area contributed by atoms with Gasteiger partial charge in [0, 0.05) is 16.6 Å². The molecule has 0 radical (unpaired) electrons. The van der Waals surface area contributed by atoms with E-state index in [1.165, 1.54) is 12.1 Å². The zero-order valence-electron chi connectivity index (χ0n) is 10.2. The van der Waals surface area contributed by atoms with E-state index in [9.17, 15) is 4.39 Å². The maximum absolute atomic E-state index is 13.2. The molecule has 2 aromatic carbocycles. The van der Waals surface area contributed by atoms with E-state index in [1.54, 1.807) is 18.2 Å². The Balaban J connectivity index is 2.28. The van der Waals surface area contributed by atoms with Crippen molar-refractivity contribution in [3.8, 4) is 11.5 Å². The van der Waals surface area contributed by atoms with E-state index in [4.69, 9.17) is 22.1 Å². The van der Waals surface area contributed by atoms with Gasteiger partial charge in [0.25, 0.3) is 0 Å². The molecule has 1 atom stereocenters. The molecule has 0 aliphatic heterocycles. The maximum atomic E-state index is 13.2. The number of rotatable bonds is 3. The van der Waals surface area contributed by atoms with Gasteiger partial charge in [-0.1, -0.05) is 33.6 Å². The minimum atomic E-state index is -0.382. The van der Waals surface area contributed by atoms with Crippen LogP contribution < -0.4 is 10.5 Å². The van der Waals surface area contributed by atoms with Gasteiger partial charge in [0.1, 0.15) is 17.3 Å². The fraction of sp³-hybridized carbons (Fsp3) is 0.143. The second-order valence-electron chi connectivity index (χ2n) is 4.19. The van der Waals surface area contributed by atoms with Gasteiger partial charge in [0.05, 0.1) is 5.02 Å². The molecular formula is C14H12BrClFNO. The van der Waals surface area contributed by atoms with Gasteiger partial charge >= 0.3 is 0 Å². The standard InChI is InChI=1S/C14H12BrClFNO/c1-8(18)9-2-3-14(13(16)4-9)19-12-6-10(15)5-11(17)7-12/h2-8H,18H2,1H3/t8-/m0/s1. The van der Waals surface area contributed by atoms with E-state index in [1.807, 2.05) is 13.0 Å². The first-order valence-corrected chi connectivity index (χ1v) is 6.82. The quantitative estimate of drug-likeness (QED) is 0.845. The summed E-state index contributed by atoms with van der Waals surface area (Å²) >= 11 is 9.32. The molecule has 100 valence electrons. The molecule has 0 saturated heterocycles. The van der Waals surface area contributed by atoms with E-state index in [-0.39, 0.29) is 11.9 Å². The first-order valence-electron chi connectivity index (χ1n) is 5.64. The molecule has 0 amide bonds. The molecule has 0 unspecified atom stereocenters. The van der Waals surface area contributed by atoms with Gasteiger partial charge in [-0.15, -0.1) is 0 Å². The SMILES string of the molecule is C[C@H](N)c1ccc(Oc2cc(F)cc(Br)c2)c(Cl)c1. The zero-order valence-corrected chi connectivity index (χ0v) is 12.5. The van der Waals surface area contributed by atoms with Crippen molar-refractivity contribution in [2.24, 2.45) is 5.73 Å². The molecule has 0 aromatic heterocycles. The normalized spacial score (nSPS) is 12.3. The van der Waals surface area contributed by atoms with Gasteiger partial charge in [0.2, 0.25) is 0 Å². The molecule has 5 heteroatoms. The van der Waals surface area contributed by atoms with Crippen LogP contribution in [-0.2, 0) is 0 Å². The average Bonchev–Trinajstić information content (AvgIpc) is 2.30. The summed E-state index contributed by atoms with van der Waals surface area (Å²) in [5.41, 5.74) is 6.68. The van der Waals surface area contributed by atoms with Crippen molar-refractivity contribution in [2.45, 2.75) is 13.0 Å². The molecule has 2 N–H and O–H groups in total. The monoisotopic (exact) mass is 343 g/mol. The van der Waals surface area contributed by atoms with Crippen molar-refractivity contribution >= 4 is 27.5 Å². The lowest BCUT2D eigenvalue weighted by Crippen LogP contribution is -2.04. The molecule has 0 bridgehead atoms. The first-order chi connectivity index (χ1) is 8.95. The van der Waals surface area contributed by atoms with Crippen LogP contribution in [0.1, 0.15) is 18.5 Å². The molecule has 19 heavy (non-hydrogen) atoms. The fourth-order valence-electron chi connectivity index (χ4n) is 1.60. The lowest BCUT2D eigenvalue weighted by atomic mass is 10.1. The Hall–Kier alpha value is -1.10. The predicted octanol–water partition coefficient (Wildman–Crippen LogP) is 5.05. The van der Waals surface area contributed by atoms with Crippen molar-refractivity contribution in [1.29, 1.82) is 0 Å². The lowest BCUT2D eigenvalue weighted by molar-refractivity contribution is 0.476. The third-order valence-electron chi connectivity index (χ3n) is 2.55. The maximum Gasteiger partial charge on any atom is 0.146 e. The Kier molecular flexibility index (Phi) is 4.45. The van der Waals surface area contributed by atoms with Crippen molar-refractivity contribution in [2.75, 3.05) is 0 Å². The minimum Gasteiger partial charge on any atom is -0.456 e. The number of nitrogens with two attached hydrogens (primary N) is 1. The van der Waals surface area contributed by atoms with Gasteiger partial charge in [0.15, 0.2) is 0 Å². The van der Waals surface area contributed by atoms with Crippen molar-refractivity contribution in [1.82, 2.24) is 0 Å². The zero-order chi connectivity index (χ0) is 14.0. The van der Waals surface area contributed by atoms with Crippen LogP contribution in [0.25, 0.3) is 0 Å². The highest BCUT2D eigenvalue weighted by Gasteiger charge is 2.08. The predicted molar refractivity (Wildman–Crippen MR) is 78.2 cm³/mol. The van der Waals surface area contributed by atoms with Crippen molar-refractivity contribution in [3.05, 3.63) is 57.3 Å². The first kappa shape index (κ1) is 14.3. The Morgan fingerprint density at radius 1 is 1.26 bits per heavy atom. The van der Waals surface area contributed by atoms with E-state index in [0.29, 0.717) is 21.0 Å². The highest BCUT2D eigenvalue weighted by atomic mass is 79.9. The van der Waals surface area contributed by atoms with Crippen LogP contribution in [0, 0.1) is 5.82 Å². The summed E-state index contributed by atoms with van der Waals surface area (Å²) < 4.78 is 19.4. The molecule has 2 nitrogen and oxygen atoms in total. The highest BCUT2D eigenvalue weighted by molar-refractivity contribution is 9.10. The summed E-state index contributed by atoms with van der Waals surface area (Å²) in [5.74, 6) is 0.457. The van der Waals surface area contributed by atoms with E-state index < -0.39 is 0 Å². The van der Waals surface area contributed by atoms with Gasteiger partial charge in [-0.25, -0.2) is 4.39 Å².